The minimum atomic E-state index is -0.0862. The number of para-hydroxylation sites is 1. The van der Waals surface area contributed by atoms with Crippen LogP contribution in [-0.2, 0) is 4.79 Å². The number of amides is 1. The Morgan fingerprint density at radius 1 is 1.12 bits per heavy atom. The molecular formula is C21H21ClN2O. The van der Waals surface area contributed by atoms with Gasteiger partial charge in [0, 0.05) is 40.7 Å². The van der Waals surface area contributed by atoms with Crippen LogP contribution in [0, 0.1) is 0 Å². The van der Waals surface area contributed by atoms with E-state index in [1.165, 1.54) is 0 Å². The molecule has 2 aromatic carbocycles. The highest BCUT2D eigenvalue weighted by atomic mass is 35.5. The minimum absolute atomic E-state index is 0.0284. The van der Waals surface area contributed by atoms with E-state index in [0.717, 1.165) is 27.6 Å². The van der Waals surface area contributed by atoms with Crippen LogP contribution in [0.15, 0.2) is 66.4 Å². The number of nitrogens with one attached hydrogen (secondary N) is 2. The number of rotatable bonds is 5. The van der Waals surface area contributed by atoms with Crippen LogP contribution < -0.4 is 5.32 Å². The molecule has 4 heteroatoms. The third-order valence-corrected chi connectivity index (χ3v) is 4.52. The van der Waals surface area contributed by atoms with E-state index in [4.69, 9.17) is 11.6 Å². The Morgan fingerprint density at radius 3 is 2.60 bits per heavy atom. The highest BCUT2D eigenvalue weighted by Crippen LogP contribution is 2.34. The van der Waals surface area contributed by atoms with Crippen molar-refractivity contribution in [1.82, 2.24) is 10.3 Å². The first-order chi connectivity index (χ1) is 12.1. The van der Waals surface area contributed by atoms with Crippen molar-refractivity contribution in [2.75, 3.05) is 6.54 Å². The highest BCUT2D eigenvalue weighted by molar-refractivity contribution is 6.31. The fraction of sp³-hybridized carbons (Fsp3) is 0.190. The number of halogens is 1. The molecule has 1 aromatic heterocycles. The lowest BCUT2D eigenvalue weighted by molar-refractivity contribution is -0.116. The number of allylic oxidation sites excluding steroid dienone is 1. The van der Waals surface area contributed by atoms with Gasteiger partial charge in [0.25, 0.3) is 0 Å². The molecule has 0 unspecified atom stereocenters. The summed E-state index contributed by atoms with van der Waals surface area (Å²) in [6, 6.07) is 15.9. The average Bonchev–Trinajstić information content (AvgIpc) is 3.00. The summed E-state index contributed by atoms with van der Waals surface area (Å²) in [6.07, 6.45) is 3.62. The Bertz CT molecular complexity index is 922. The fourth-order valence-electron chi connectivity index (χ4n) is 3.04. The van der Waals surface area contributed by atoms with Crippen LogP contribution in [0.5, 0.6) is 0 Å². The first-order valence-electron chi connectivity index (χ1n) is 8.29. The van der Waals surface area contributed by atoms with E-state index in [1.54, 1.807) is 6.08 Å². The molecule has 0 aliphatic heterocycles. The predicted molar refractivity (Wildman–Crippen MR) is 104 cm³/mol. The molecule has 2 N–H and O–H groups in total. The number of H-pyrrole nitrogens is 1. The zero-order valence-electron chi connectivity index (χ0n) is 14.3. The summed E-state index contributed by atoms with van der Waals surface area (Å²) < 4.78 is 0. The number of fused-ring (bicyclic) bond motifs is 1. The topological polar surface area (TPSA) is 44.9 Å². The first kappa shape index (κ1) is 17.3. The molecule has 25 heavy (non-hydrogen) atoms. The quantitative estimate of drug-likeness (QED) is 0.621. The molecule has 1 amide bonds. The van der Waals surface area contributed by atoms with Gasteiger partial charge in [0.1, 0.15) is 0 Å². The summed E-state index contributed by atoms with van der Waals surface area (Å²) in [7, 11) is 0. The van der Waals surface area contributed by atoms with Crippen LogP contribution in [0.2, 0.25) is 5.02 Å². The zero-order valence-corrected chi connectivity index (χ0v) is 15.1. The summed E-state index contributed by atoms with van der Waals surface area (Å²) >= 11 is 6.45. The van der Waals surface area contributed by atoms with Gasteiger partial charge in [-0.2, -0.15) is 0 Å². The molecule has 0 aliphatic carbocycles. The zero-order chi connectivity index (χ0) is 17.8. The van der Waals surface area contributed by atoms with Gasteiger partial charge in [-0.25, -0.2) is 0 Å². The van der Waals surface area contributed by atoms with Gasteiger partial charge in [-0.15, -0.1) is 0 Å². The van der Waals surface area contributed by atoms with Crippen molar-refractivity contribution < 1.29 is 4.79 Å². The van der Waals surface area contributed by atoms with E-state index in [2.05, 4.69) is 16.4 Å². The molecule has 3 aromatic rings. The maximum atomic E-state index is 12.1. The fourth-order valence-corrected chi connectivity index (χ4v) is 3.31. The van der Waals surface area contributed by atoms with Crippen molar-refractivity contribution in [3.8, 4) is 0 Å². The molecule has 0 saturated carbocycles. The monoisotopic (exact) mass is 352 g/mol. The Labute approximate surface area is 152 Å². The Kier molecular flexibility index (Phi) is 5.25. The number of hydrogen-bond acceptors (Lipinski definition) is 1. The molecule has 0 fully saturated rings. The van der Waals surface area contributed by atoms with Gasteiger partial charge in [-0.05, 0) is 37.1 Å². The maximum absolute atomic E-state index is 12.1. The molecule has 0 spiro atoms. The first-order valence-corrected chi connectivity index (χ1v) is 8.67. The molecular weight excluding hydrogens is 332 g/mol. The Balaban J connectivity index is 1.99. The van der Waals surface area contributed by atoms with Crippen LogP contribution in [-0.4, -0.2) is 17.4 Å². The Morgan fingerprint density at radius 2 is 1.84 bits per heavy atom. The number of aromatic amines is 1. The molecule has 0 aliphatic rings. The summed E-state index contributed by atoms with van der Waals surface area (Å²) in [4.78, 5) is 15.4. The van der Waals surface area contributed by atoms with Crippen molar-refractivity contribution in [3.63, 3.8) is 0 Å². The van der Waals surface area contributed by atoms with Crippen molar-refractivity contribution in [2.24, 2.45) is 0 Å². The smallest absolute Gasteiger partial charge is 0.243 e. The minimum Gasteiger partial charge on any atom is -0.361 e. The third kappa shape index (κ3) is 3.94. The molecule has 0 saturated heterocycles. The van der Waals surface area contributed by atoms with Gasteiger partial charge < -0.3 is 10.3 Å². The standard InChI is InChI=1S/C21H21ClN2O/c1-14(2)11-21(25)24-13-17(15-7-3-5-9-19(15)22)18-12-23-20-10-6-4-8-16(18)20/h3-12,17,23H,13H2,1-2H3,(H,24,25)/t17-/m1/s1. The van der Waals surface area contributed by atoms with Gasteiger partial charge >= 0.3 is 0 Å². The van der Waals surface area contributed by atoms with Crippen LogP contribution in [0.4, 0.5) is 0 Å². The summed E-state index contributed by atoms with van der Waals surface area (Å²) in [5.41, 5.74) is 4.18. The third-order valence-electron chi connectivity index (χ3n) is 4.18. The van der Waals surface area contributed by atoms with Gasteiger partial charge in [0.15, 0.2) is 0 Å². The largest absolute Gasteiger partial charge is 0.361 e. The van der Waals surface area contributed by atoms with E-state index >= 15 is 0 Å². The summed E-state index contributed by atoms with van der Waals surface area (Å²) in [5, 5.41) is 4.85. The molecule has 0 radical (unpaired) electrons. The second-order valence-electron chi connectivity index (χ2n) is 6.33. The molecule has 3 rings (SSSR count). The second kappa shape index (κ2) is 7.58. The highest BCUT2D eigenvalue weighted by Gasteiger charge is 2.20. The normalized spacial score (nSPS) is 12.0. The van der Waals surface area contributed by atoms with Crippen molar-refractivity contribution in [2.45, 2.75) is 19.8 Å². The SMILES string of the molecule is CC(C)=CC(=O)NC[C@H](c1ccccc1Cl)c1c[nH]c2ccccc12. The number of aromatic nitrogens is 1. The van der Waals surface area contributed by atoms with E-state index < -0.39 is 0 Å². The van der Waals surface area contributed by atoms with Crippen molar-refractivity contribution in [1.29, 1.82) is 0 Å². The lowest BCUT2D eigenvalue weighted by atomic mass is 9.90. The number of benzene rings is 2. The summed E-state index contributed by atoms with van der Waals surface area (Å²) in [5.74, 6) is -0.115. The summed E-state index contributed by atoms with van der Waals surface area (Å²) in [6.45, 7) is 4.30. The van der Waals surface area contributed by atoms with E-state index in [-0.39, 0.29) is 11.8 Å². The lowest BCUT2D eigenvalue weighted by Crippen LogP contribution is -2.27. The second-order valence-corrected chi connectivity index (χ2v) is 6.74. The van der Waals surface area contributed by atoms with Gasteiger partial charge in [0.05, 0.1) is 0 Å². The van der Waals surface area contributed by atoms with E-state index in [9.17, 15) is 4.79 Å². The number of carbonyl (C=O) groups is 1. The van der Waals surface area contributed by atoms with Crippen molar-refractivity contribution in [3.05, 3.63) is 82.5 Å². The maximum Gasteiger partial charge on any atom is 0.243 e. The van der Waals surface area contributed by atoms with Gasteiger partial charge in [0.2, 0.25) is 5.91 Å². The van der Waals surface area contributed by atoms with Crippen LogP contribution in [0.1, 0.15) is 30.9 Å². The van der Waals surface area contributed by atoms with E-state index in [0.29, 0.717) is 11.6 Å². The van der Waals surface area contributed by atoms with Crippen LogP contribution in [0.3, 0.4) is 0 Å². The molecule has 128 valence electrons. The van der Waals surface area contributed by atoms with Crippen molar-refractivity contribution >= 4 is 28.4 Å². The number of carbonyl (C=O) groups excluding carboxylic acids is 1. The average molecular weight is 353 g/mol. The molecule has 1 heterocycles. The molecule has 3 nitrogen and oxygen atoms in total. The van der Waals surface area contributed by atoms with Gasteiger partial charge in [-0.3, -0.25) is 4.79 Å². The Hall–Kier alpha value is -2.52. The van der Waals surface area contributed by atoms with E-state index in [1.807, 2.05) is 62.5 Å². The molecule has 1 atom stereocenters. The molecule has 0 bridgehead atoms. The van der Waals surface area contributed by atoms with Crippen LogP contribution in [0.25, 0.3) is 10.9 Å². The predicted octanol–water partition coefficient (Wildman–Crippen LogP) is 5.04. The van der Waals surface area contributed by atoms with Crippen LogP contribution >= 0.6 is 11.6 Å². The lowest BCUT2D eigenvalue weighted by Gasteiger charge is -2.19. The van der Waals surface area contributed by atoms with Gasteiger partial charge in [-0.1, -0.05) is 53.6 Å². The number of hydrogen-bond donors (Lipinski definition) is 2.